The normalized spacial score (nSPS) is 10.8. The van der Waals surface area contributed by atoms with Gasteiger partial charge in [-0.3, -0.25) is 0 Å². The summed E-state index contributed by atoms with van der Waals surface area (Å²) < 4.78 is 0. The summed E-state index contributed by atoms with van der Waals surface area (Å²) in [5.41, 5.74) is 1.02. The first kappa shape index (κ1) is 11.8. The van der Waals surface area contributed by atoms with E-state index in [-0.39, 0.29) is 0 Å². The third-order valence-electron chi connectivity index (χ3n) is 2.36. The summed E-state index contributed by atoms with van der Waals surface area (Å²) in [6.07, 6.45) is 0. The lowest BCUT2D eigenvalue weighted by atomic mass is 10.4. The molecule has 0 saturated carbocycles. The third-order valence-corrected chi connectivity index (χ3v) is 5.65. The Morgan fingerprint density at radius 3 is 2.72 bits per heavy atom. The standard InChI is InChI=1S/C11H10N4S3/c1-6-8(10-14-15-11(12-2)18-10)17-9(13-6)7-4-3-5-16-7/h3-5H,1-2H3,(H,12,15). The van der Waals surface area contributed by atoms with Crippen molar-refractivity contribution in [1.82, 2.24) is 15.2 Å². The number of nitrogens with one attached hydrogen (secondary N) is 1. The van der Waals surface area contributed by atoms with Crippen molar-refractivity contribution in [2.75, 3.05) is 12.4 Å². The zero-order valence-electron chi connectivity index (χ0n) is 9.80. The van der Waals surface area contributed by atoms with Crippen LogP contribution in [0.4, 0.5) is 5.13 Å². The lowest BCUT2D eigenvalue weighted by Gasteiger charge is -1.88. The maximum atomic E-state index is 4.61. The molecule has 0 aromatic carbocycles. The molecule has 18 heavy (non-hydrogen) atoms. The van der Waals surface area contributed by atoms with Gasteiger partial charge in [-0.15, -0.1) is 32.9 Å². The summed E-state index contributed by atoms with van der Waals surface area (Å²) in [4.78, 5) is 6.92. The van der Waals surface area contributed by atoms with Crippen LogP contribution < -0.4 is 5.32 Å². The number of rotatable bonds is 3. The second-order valence-corrected chi connectivity index (χ2v) is 6.50. The summed E-state index contributed by atoms with van der Waals surface area (Å²) >= 11 is 4.93. The molecule has 0 aliphatic carbocycles. The minimum absolute atomic E-state index is 0.829. The number of nitrogens with zero attached hydrogens (tertiary/aromatic N) is 3. The highest BCUT2D eigenvalue weighted by Crippen LogP contribution is 2.38. The number of hydrogen-bond donors (Lipinski definition) is 1. The molecule has 0 saturated heterocycles. The Morgan fingerprint density at radius 1 is 1.17 bits per heavy atom. The van der Waals surface area contributed by atoms with Crippen LogP contribution in [0.2, 0.25) is 0 Å². The fraction of sp³-hybridized carbons (Fsp3) is 0.182. The van der Waals surface area contributed by atoms with Crippen LogP contribution in [0.1, 0.15) is 5.69 Å². The third kappa shape index (κ3) is 2.05. The van der Waals surface area contributed by atoms with E-state index in [9.17, 15) is 0 Å². The van der Waals surface area contributed by atoms with E-state index in [0.29, 0.717) is 0 Å². The van der Waals surface area contributed by atoms with Gasteiger partial charge in [0.05, 0.1) is 15.4 Å². The van der Waals surface area contributed by atoms with Crippen molar-refractivity contribution in [2.45, 2.75) is 6.92 Å². The average Bonchev–Trinajstić information content (AvgIpc) is 3.08. The molecule has 3 aromatic heterocycles. The molecular weight excluding hydrogens is 284 g/mol. The maximum Gasteiger partial charge on any atom is 0.205 e. The van der Waals surface area contributed by atoms with Crippen molar-refractivity contribution in [3.05, 3.63) is 23.2 Å². The van der Waals surface area contributed by atoms with E-state index in [1.807, 2.05) is 20.0 Å². The van der Waals surface area contributed by atoms with Crippen LogP contribution in [-0.4, -0.2) is 22.2 Å². The van der Waals surface area contributed by atoms with Crippen molar-refractivity contribution in [3.8, 4) is 19.8 Å². The van der Waals surface area contributed by atoms with Gasteiger partial charge in [-0.2, -0.15) is 0 Å². The lowest BCUT2D eigenvalue weighted by Crippen LogP contribution is -1.84. The second kappa shape index (κ2) is 4.75. The molecule has 7 heteroatoms. The predicted molar refractivity (Wildman–Crippen MR) is 78.6 cm³/mol. The molecule has 3 heterocycles. The molecule has 3 rings (SSSR count). The fourth-order valence-corrected chi connectivity index (χ4v) is 4.20. The molecule has 92 valence electrons. The zero-order valence-corrected chi connectivity index (χ0v) is 12.2. The maximum absolute atomic E-state index is 4.61. The van der Waals surface area contributed by atoms with Crippen LogP contribution in [0.25, 0.3) is 19.8 Å². The zero-order chi connectivity index (χ0) is 12.5. The number of hydrogen-bond acceptors (Lipinski definition) is 7. The molecule has 0 spiro atoms. The largest absolute Gasteiger partial charge is 0.363 e. The summed E-state index contributed by atoms with van der Waals surface area (Å²) in [6.45, 7) is 2.02. The van der Waals surface area contributed by atoms with E-state index >= 15 is 0 Å². The molecule has 3 aromatic rings. The SMILES string of the molecule is CNc1nnc(-c2sc(-c3cccs3)nc2C)s1. The Bertz CT molecular complexity index is 654. The summed E-state index contributed by atoms with van der Waals surface area (Å²) in [7, 11) is 1.85. The van der Waals surface area contributed by atoms with E-state index in [4.69, 9.17) is 0 Å². The number of aryl methyl sites for hydroxylation is 1. The molecule has 0 aliphatic rings. The van der Waals surface area contributed by atoms with Crippen molar-refractivity contribution in [2.24, 2.45) is 0 Å². The molecule has 0 aliphatic heterocycles. The first-order chi connectivity index (χ1) is 8.78. The van der Waals surface area contributed by atoms with Crippen LogP contribution in [-0.2, 0) is 0 Å². The molecule has 0 bridgehead atoms. The van der Waals surface area contributed by atoms with Crippen LogP contribution in [0, 0.1) is 6.92 Å². The molecule has 4 nitrogen and oxygen atoms in total. The first-order valence-corrected chi connectivity index (χ1v) is 7.82. The fourth-order valence-electron chi connectivity index (χ4n) is 1.52. The summed E-state index contributed by atoms with van der Waals surface area (Å²) in [6, 6.07) is 4.13. The van der Waals surface area contributed by atoms with E-state index in [2.05, 4.69) is 31.9 Å². The van der Waals surface area contributed by atoms with Gasteiger partial charge in [0.15, 0.2) is 5.01 Å². The quantitative estimate of drug-likeness (QED) is 0.799. The minimum atomic E-state index is 0.829. The number of aromatic nitrogens is 3. The van der Waals surface area contributed by atoms with Crippen molar-refractivity contribution < 1.29 is 0 Å². The molecule has 0 atom stereocenters. The highest BCUT2D eigenvalue weighted by Gasteiger charge is 2.15. The van der Waals surface area contributed by atoms with E-state index in [1.165, 1.54) is 4.88 Å². The van der Waals surface area contributed by atoms with Gasteiger partial charge >= 0.3 is 0 Å². The van der Waals surface area contributed by atoms with Gasteiger partial charge in [-0.05, 0) is 18.4 Å². The van der Waals surface area contributed by atoms with Gasteiger partial charge in [0.1, 0.15) is 5.01 Å². The number of thiazole rings is 1. The lowest BCUT2D eigenvalue weighted by molar-refractivity contribution is 1.09. The Kier molecular flexibility index (Phi) is 3.11. The minimum Gasteiger partial charge on any atom is -0.363 e. The molecule has 0 fully saturated rings. The van der Waals surface area contributed by atoms with E-state index in [0.717, 1.165) is 25.7 Å². The first-order valence-electron chi connectivity index (χ1n) is 5.31. The van der Waals surface area contributed by atoms with Gasteiger partial charge in [-0.25, -0.2) is 4.98 Å². The topological polar surface area (TPSA) is 50.7 Å². The Balaban J connectivity index is 2.03. The van der Waals surface area contributed by atoms with Gasteiger partial charge < -0.3 is 5.32 Å². The highest BCUT2D eigenvalue weighted by atomic mass is 32.1. The monoisotopic (exact) mass is 294 g/mol. The van der Waals surface area contributed by atoms with Crippen LogP contribution in [0.5, 0.6) is 0 Å². The number of thiophene rings is 1. The average molecular weight is 294 g/mol. The van der Waals surface area contributed by atoms with Gasteiger partial charge in [0.25, 0.3) is 0 Å². The van der Waals surface area contributed by atoms with Crippen molar-refractivity contribution in [1.29, 1.82) is 0 Å². The van der Waals surface area contributed by atoms with Crippen molar-refractivity contribution >= 4 is 39.1 Å². The molecule has 0 unspecified atom stereocenters. The summed E-state index contributed by atoms with van der Waals surface area (Å²) in [5.74, 6) is 0. The molecular formula is C11H10N4S3. The van der Waals surface area contributed by atoms with Crippen LogP contribution in [0.15, 0.2) is 17.5 Å². The smallest absolute Gasteiger partial charge is 0.205 e. The van der Waals surface area contributed by atoms with E-state index in [1.54, 1.807) is 34.0 Å². The van der Waals surface area contributed by atoms with Crippen LogP contribution >= 0.6 is 34.0 Å². The Labute approximate surface area is 116 Å². The number of anilines is 1. The Hall–Kier alpha value is -1.31. The van der Waals surface area contributed by atoms with Gasteiger partial charge in [-0.1, -0.05) is 17.4 Å². The molecule has 0 radical (unpaired) electrons. The second-order valence-electron chi connectivity index (χ2n) is 3.57. The van der Waals surface area contributed by atoms with Crippen molar-refractivity contribution in [3.63, 3.8) is 0 Å². The highest BCUT2D eigenvalue weighted by molar-refractivity contribution is 7.26. The molecule has 1 N–H and O–H groups in total. The predicted octanol–water partition coefficient (Wildman–Crippen LogP) is 3.74. The Morgan fingerprint density at radius 2 is 2.06 bits per heavy atom. The molecule has 0 amide bonds. The van der Waals surface area contributed by atoms with Gasteiger partial charge in [0, 0.05) is 7.05 Å². The van der Waals surface area contributed by atoms with Crippen LogP contribution in [0.3, 0.4) is 0 Å². The van der Waals surface area contributed by atoms with E-state index < -0.39 is 0 Å². The van der Waals surface area contributed by atoms with Gasteiger partial charge in [0.2, 0.25) is 5.13 Å². The summed E-state index contributed by atoms with van der Waals surface area (Å²) in [5, 5.41) is 16.1.